The van der Waals surface area contributed by atoms with Crippen LogP contribution >= 0.6 is 0 Å². The van der Waals surface area contributed by atoms with Crippen molar-refractivity contribution in [1.82, 2.24) is 0 Å². The van der Waals surface area contributed by atoms with E-state index in [1.54, 1.807) is 0 Å². The maximum absolute atomic E-state index is 11.4. The lowest BCUT2D eigenvalue weighted by atomic mass is 9.88. The van der Waals surface area contributed by atoms with E-state index in [4.69, 9.17) is 19.3 Å². The van der Waals surface area contributed by atoms with Gasteiger partial charge in [0.15, 0.2) is 0 Å². The van der Waals surface area contributed by atoms with E-state index in [-0.39, 0.29) is 18.1 Å². The van der Waals surface area contributed by atoms with Gasteiger partial charge < -0.3 is 19.3 Å². The summed E-state index contributed by atoms with van der Waals surface area (Å²) in [6.07, 6.45) is 1.75. The van der Waals surface area contributed by atoms with E-state index in [9.17, 15) is 13.2 Å². The van der Waals surface area contributed by atoms with Gasteiger partial charge in [-0.1, -0.05) is 24.3 Å². The van der Waals surface area contributed by atoms with Crippen molar-refractivity contribution in [3.63, 3.8) is 0 Å². The standard InChI is InChI=1S/C31H36O7S/c1-19-21(3)31(36-12-7-13-39(5,34)35)22(4)20(2)30(19)24-9-6-8-23(14-24)17-37-26-10-11-27-25(15-29(32)33)18-38-28(27)16-26/h6,8-11,14,16,25H,7,12-13,15,17-18H2,1-5H3,(H,32,33). The molecule has 7 nitrogen and oxygen atoms in total. The molecule has 0 radical (unpaired) electrons. The Kier molecular flexibility index (Phi) is 8.54. The smallest absolute Gasteiger partial charge is 0.304 e. The van der Waals surface area contributed by atoms with Crippen molar-refractivity contribution in [3.05, 3.63) is 75.8 Å². The summed E-state index contributed by atoms with van der Waals surface area (Å²) in [5, 5.41) is 9.11. The summed E-state index contributed by atoms with van der Waals surface area (Å²) in [4.78, 5) is 11.1. The molecule has 0 fully saturated rings. The molecule has 8 heteroatoms. The lowest BCUT2D eigenvalue weighted by molar-refractivity contribution is -0.137. The monoisotopic (exact) mass is 552 g/mol. The molecule has 1 aliphatic rings. The molecule has 0 saturated heterocycles. The second kappa shape index (κ2) is 11.7. The number of hydrogen-bond acceptors (Lipinski definition) is 6. The Morgan fingerprint density at radius 2 is 1.72 bits per heavy atom. The van der Waals surface area contributed by atoms with E-state index in [1.807, 2.05) is 44.2 Å². The normalized spacial score (nSPS) is 14.5. The molecule has 1 heterocycles. The highest BCUT2D eigenvalue weighted by Gasteiger charge is 2.26. The summed E-state index contributed by atoms with van der Waals surface area (Å²) in [6, 6.07) is 13.9. The van der Waals surface area contributed by atoms with Crippen LogP contribution in [-0.4, -0.2) is 44.7 Å². The zero-order valence-electron chi connectivity index (χ0n) is 23.2. The Morgan fingerprint density at radius 3 is 2.38 bits per heavy atom. The van der Waals surface area contributed by atoms with Gasteiger partial charge in [0.25, 0.3) is 0 Å². The first-order valence-corrected chi connectivity index (χ1v) is 15.1. The van der Waals surface area contributed by atoms with Crippen molar-refractivity contribution in [2.24, 2.45) is 0 Å². The van der Waals surface area contributed by atoms with Crippen LogP contribution in [0.4, 0.5) is 0 Å². The number of fused-ring (bicyclic) bond motifs is 1. The number of rotatable bonds is 11. The molecule has 1 N–H and O–H groups in total. The zero-order valence-corrected chi connectivity index (χ0v) is 24.0. The van der Waals surface area contributed by atoms with Crippen molar-refractivity contribution in [3.8, 4) is 28.4 Å². The molecule has 0 spiro atoms. The number of benzene rings is 3. The van der Waals surface area contributed by atoms with Crippen molar-refractivity contribution in [2.45, 2.75) is 53.1 Å². The Morgan fingerprint density at radius 1 is 1.00 bits per heavy atom. The van der Waals surface area contributed by atoms with E-state index in [0.717, 1.165) is 50.3 Å². The Balaban J connectivity index is 1.49. The minimum Gasteiger partial charge on any atom is -0.493 e. The van der Waals surface area contributed by atoms with Crippen LogP contribution in [0.2, 0.25) is 0 Å². The van der Waals surface area contributed by atoms with Crippen molar-refractivity contribution in [1.29, 1.82) is 0 Å². The summed E-state index contributed by atoms with van der Waals surface area (Å²) >= 11 is 0. The molecular formula is C31H36O7S. The van der Waals surface area contributed by atoms with Crippen molar-refractivity contribution >= 4 is 15.8 Å². The fourth-order valence-corrected chi connectivity index (χ4v) is 5.78. The molecular weight excluding hydrogens is 516 g/mol. The van der Waals surface area contributed by atoms with E-state index >= 15 is 0 Å². The molecule has 1 unspecified atom stereocenters. The van der Waals surface area contributed by atoms with Crippen LogP contribution in [-0.2, 0) is 21.2 Å². The second-order valence-corrected chi connectivity index (χ2v) is 12.6. The first kappa shape index (κ1) is 28.5. The first-order valence-electron chi connectivity index (χ1n) is 13.1. The fraction of sp³-hybridized carbons (Fsp3) is 0.387. The average molecular weight is 553 g/mol. The third kappa shape index (κ3) is 6.74. The minimum absolute atomic E-state index is 0.0497. The summed E-state index contributed by atoms with van der Waals surface area (Å²) in [7, 11) is -3.01. The second-order valence-electron chi connectivity index (χ2n) is 10.3. The van der Waals surface area contributed by atoms with Crippen molar-refractivity contribution in [2.75, 3.05) is 25.2 Å². The minimum atomic E-state index is -3.01. The number of carbonyl (C=O) groups is 1. The fourth-order valence-electron chi connectivity index (χ4n) is 5.13. The third-order valence-corrected chi connectivity index (χ3v) is 8.40. The van der Waals surface area contributed by atoms with Crippen LogP contribution in [0.5, 0.6) is 17.2 Å². The Labute approximate surface area is 230 Å². The lowest BCUT2D eigenvalue weighted by Gasteiger charge is -2.21. The number of carboxylic acid groups (broad SMARTS) is 1. The van der Waals surface area contributed by atoms with Gasteiger partial charge in [0.1, 0.15) is 33.7 Å². The highest BCUT2D eigenvalue weighted by Crippen LogP contribution is 2.40. The van der Waals surface area contributed by atoms with Crippen LogP contribution in [0.3, 0.4) is 0 Å². The number of aliphatic carboxylic acids is 1. The maximum atomic E-state index is 11.4. The molecule has 3 aromatic carbocycles. The van der Waals surface area contributed by atoms with Gasteiger partial charge in [0.05, 0.1) is 25.4 Å². The van der Waals surface area contributed by atoms with E-state index in [2.05, 4.69) is 26.0 Å². The molecule has 1 atom stereocenters. The molecule has 0 aromatic heterocycles. The van der Waals surface area contributed by atoms with Crippen LogP contribution in [0.25, 0.3) is 11.1 Å². The van der Waals surface area contributed by atoms with Gasteiger partial charge in [-0.25, -0.2) is 8.42 Å². The number of hydrogen-bond donors (Lipinski definition) is 1. The predicted octanol–water partition coefficient (Wildman–Crippen LogP) is 5.93. The average Bonchev–Trinajstić information content (AvgIpc) is 3.27. The van der Waals surface area contributed by atoms with Gasteiger partial charge in [-0.3, -0.25) is 4.79 Å². The quantitative estimate of drug-likeness (QED) is 0.294. The van der Waals surface area contributed by atoms with Crippen LogP contribution in [0, 0.1) is 27.7 Å². The molecule has 0 amide bonds. The summed E-state index contributed by atoms with van der Waals surface area (Å²) in [6.45, 7) is 9.37. The topological polar surface area (TPSA) is 99.1 Å². The number of carboxylic acids is 1. The maximum Gasteiger partial charge on any atom is 0.304 e. The van der Waals surface area contributed by atoms with E-state index in [0.29, 0.717) is 37.7 Å². The Hall–Kier alpha value is -3.52. The summed E-state index contributed by atoms with van der Waals surface area (Å²) in [5.41, 5.74) is 8.53. The van der Waals surface area contributed by atoms with Gasteiger partial charge in [0.2, 0.25) is 0 Å². The lowest BCUT2D eigenvalue weighted by Crippen LogP contribution is -2.10. The SMILES string of the molecule is Cc1c(C)c(-c2cccc(COc3ccc4c(c3)OCC4CC(=O)O)c2)c(C)c(C)c1OCCCS(C)(=O)=O. The van der Waals surface area contributed by atoms with Gasteiger partial charge in [-0.05, 0) is 85.2 Å². The van der Waals surface area contributed by atoms with Crippen LogP contribution in [0.1, 0.15) is 52.1 Å². The highest BCUT2D eigenvalue weighted by molar-refractivity contribution is 7.90. The molecule has 0 aliphatic carbocycles. The van der Waals surface area contributed by atoms with E-state index < -0.39 is 15.8 Å². The number of sulfone groups is 1. The molecule has 208 valence electrons. The predicted molar refractivity (Wildman–Crippen MR) is 152 cm³/mol. The highest BCUT2D eigenvalue weighted by atomic mass is 32.2. The van der Waals surface area contributed by atoms with Gasteiger partial charge >= 0.3 is 5.97 Å². The van der Waals surface area contributed by atoms with Crippen molar-refractivity contribution < 1.29 is 32.5 Å². The summed E-state index contributed by atoms with van der Waals surface area (Å²) in [5.74, 6) is 1.32. The largest absolute Gasteiger partial charge is 0.493 e. The van der Waals surface area contributed by atoms with Gasteiger partial charge in [-0.2, -0.15) is 0 Å². The van der Waals surface area contributed by atoms with Crippen LogP contribution in [0.15, 0.2) is 42.5 Å². The molecule has 39 heavy (non-hydrogen) atoms. The zero-order chi connectivity index (χ0) is 28.3. The molecule has 0 saturated carbocycles. The third-order valence-electron chi connectivity index (χ3n) is 7.37. The summed E-state index contributed by atoms with van der Waals surface area (Å²) < 4.78 is 40.7. The Bertz CT molecular complexity index is 1460. The first-order chi connectivity index (χ1) is 18.4. The van der Waals surface area contributed by atoms with E-state index in [1.165, 1.54) is 6.26 Å². The number of ether oxygens (including phenoxy) is 3. The molecule has 4 rings (SSSR count). The van der Waals surface area contributed by atoms with Gasteiger partial charge in [-0.15, -0.1) is 0 Å². The molecule has 0 bridgehead atoms. The molecule has 1 aliphatic heterocycles. The molecule has 3 aromatic rings. The van der Waals surface area contributed by atoms with Gasteiger partial charge in [0, 0.05) is 23.8 Å². The van der Waals surface area contributed by atoms with Crippen LogP contribution < -0.4 is 14.2 Å².